The third kappa shape index (κ3) is 4.25. The quantitative estimate of drug-likeness (QED) is 0.651. The predicted molar refractivity (Wildman–Crippen MR) is 90.4 cm³/mol. The van der Waals surface area contributed by atoms with E-state index in [9.17, 15) is 18.0 Å². The third-order valence-electron chi connectivity index (χ3n) is 3.52. The van der Waals surface area contributed by atoms with Crippen LogP contribution in [0.1, 0.15) is 23.2 Å². The molecule has 0 saturated heterocycles. The number of anilines is 2. The van der Waals surface area contributed by atoms with E-state index in [1.807, 2.05) is 0 Å². The third-order valence-corrected chi connectivity index (χ3v) is 3.52. The molecule has 140 valence electrons. The molecular weight excluding hydrogens is 363 g/mol. The molecule has 0 fully saturated rings. The lowest BCUT2D eigenvalue weighted by molar-refractivity contribution is -0.137. The van der Waals surface area contributed by atoms with E-state index in [4.69, 9.17) is 9.15 Å². The number of carbonyl (C=O) groups excluding carboxylic acids is 1. The first-order chi connectivity index (χ1) is 12.9. The second kappa shape index (κ2) is 7.48. The number of alkyl halides is 3. The fraction of sp³-hybridized carbons (Fsp3) is 0.167. The van der Waals surface area contributed by atoms with Crippen molar-refractivity contribution in [3.8, 4) is 11.5 Å². The number of para-hydroxylation sites is 1. The first-order valence-corrected chi connectivity index (χ1v) is 7.93. The van der Waals surface area contributed by atoms with E-state index in [0.717, 1.165) is 12.1 Å². The number of ether oxygens (including phenoxy) is 1. The van der Waals surface area contributed by atoms with Crippen LogP contribution in [0.3, 0.4) is 0 Å². The van der Waals surface area contributed by atoms with E-state index in [1.54, 1.807) is 31.2 Å². The average Bonchev–Trinajstić information content (AvgIpc) is 3.12. The zero-order valence-corrected chi connectivity index (χ0v) is 14.1. The molecule has 1 heterocycles. The fourth-order valence-electron chi connectivity index (χ4n) is 2.28. The van der Waals surface area contributed by atoms with Gasteiger partial charge in [0.2, 0.25) is 0 Å². The minimum absolute atomic E-state index is 0.0769. The van der Waals surface area contributed by atoms with Crippen molar-refractivity contribution >= 4 is 17.3 Å². The minimum Gasteiger partial charge on any atom is -0.459 e. The van der Waals surface area contributed by atoms with Crippen molar-refractivity contribution in [1.82, 2.24) is 10.2 Å². The maximum atomic E-state index is 12.7. The Morgan fingerprint density at radius 2 is 1.81 bits per heavy atom. The van der Waals surface area contributed by atoms with Gasteiger partial charge in [-0.15, -0.1) is 10.2 Å². The van der Waals surface area contributed by atoms with Gasteiger partial charge in [0.05, 0.1) is 23.4 Å². The summed E-state index contributed by atoms with van der Waals surface area (Å²) in [6, 6.07) is 11.4. The molecule has 1 N–H and O–H groups in total. The summed E-state index contributed by atoms with van der Waals surface area (Å²) in [5.41, 5.74) is 0.717. The van der Waals surface area contributed by atoms with Crippen LogP contribution in [0, 0.1) is 0 Å². The number of halogens is 3. The van der Waals surface area contributed by atoms with Crippen LogP contribution in [-0.4, -0.2) is 22.8 Å². The molecule has 0 spiro atoms. The van der Waals surface area contributed by atoms with Crippen LogP contribution in [0.2, 0.25) is 0 Å². The number of hydrogen-bond donors (Lipinski definition) is 1. The Hall–Kier alpha value is -3.36. The molecule has 0 aliphatic carbocycles. The molecule has 0 unspecified atom stereocenters. The van der Waals surface area contributed by atoms with Gasteiger partial charge in [-0.05, 0) is 43.3 Å². The van der Waals surface area contributed by atoms with Crippen molar-refractivity contribution in [3.63, 3.8) is 0 Å². The summed E-state index contributed by atoms with van der Waals surface area (Å²) < 4.78 is 48.1. The van der Waals surface area contributed by atoms with Crippen LogP contribution in [0.5, 0.6) is 0 Å². The molecule has 0 amide bonds. The van der Waals surface area contributed by atoms with Gasteiger partial charge in [-0.3, -0.25) is 0 Å². The number of benzene rings is 2. The van der Waals surface area contributed by atoms with Crippen LogP contribution in [0.4, 0.5) is 24.5 Å². The van der Waals surface area contributed by atoms with Gasteiger partial charge in [0.1, 0.15) is 0 Å². The highest BCUT2D eigenvalue weighted by Gasteiger charge is 2.30. The average molecular weight is 377 g/mol. The molecule has 0 aliphatic rings. The summed E-state index contributed by atoms with van der Waals surface area (Å²) >= 11 is 0. The highest BCUT2D eigenvalue weighted by atomic mass is 19.4. The Morgan fingerprint density at radius 1 is 1.11 bits per heavy atom. The molecule has 9 heteroatoms. The Kier molecular flexibility index (Phi) is 5.11. The predicted octanol–water partition coefficient (Wildman–Crippen LogP) is 4.68. The summed E-state index contributed by atoms with van der Waals surface area (Å²) in [5, 5.41) is 10.5. The van der Waals surface area contributed by atoms with E-state index in [1.165, 1.54) is 12.1 Å². The first kappa shape index (κ1) is 18.4. The van der Waals surface area contributed by atoms with Crippen LogP contribution >= 0.6 is 0 Å². The van der Waals surface area contributed by atoms with Gasteiger partial charge in [-0.2, -0.15) is 13.2 Å². The molecule has 0 radical (unpaired) electrons. The largest absolute Gasteiger partial charge is 0.459 e. The number of carbonyl (C=O) groups is 1. The van der Waals surface area contributed by atoms with Crippen molar-refractivity contribution in [2.75, 3.05) is 11.9 Å². The van der Waals surface area contributed by atoms with E-state index in [0.29, 0.717) is 16.9 Å². The van der Waals surface area contributed by atoms with E-state index < -0.39 is 17.7 Å². The lowest BCUT2D eigenvalue weighted by Gasteiger charge is -2.11. The standard InChI is InChI=1S/C18H14F3N3O3/c1-2-26-17(25)16-24-23-15(27-16)13-5-3-4-6-14(13)22-12-9-7-11(8-10-12)18(19,20)21/h3-10,22H,2H2,1H3. The maximum Gasteiger partial charge on any atom is 0.416 e. The van der Waals surface area contributed by atoms with Gasteiger partial charge in [0, 0.05) is 5.69 Å². The first-order valence-electron chi connectivity index (χ1n) is 7.93. The molecule has 1 aromatic heterocycles. The monoisotopic (exact) mass is 377 g/mol. The highest BCUT2D eigenvalue weighted by Crippen LogP contribution is 2.32. The molecule has 0 saturated carbocycles. The van der Waals surface area contributed by atoms with E-state index in [2.05, 4.69) is 15.5 Å². The number of aromatic nitrogens is 2. The van der Waals surface area contributed by atoms with Gasteiger partial charge < -0.3 is 14.5 Å². The number of hydrogen-bond acceptors (Lipinski definition) is 6. The van der Waals surface area contributed by atoms with Crippen molar-refractivity contribution in [2.24, 2.45) is 0 Å². The SMILES string of the molecule is CCOC(=O)c1nnc(-c2ccccc2Nc2ccc(C(F)(F)F)cc2)o1. The summed E-state index contributed by atoms with van der Waals surface area (Å²) in [7, 11) is 0. The van der Waals surface area contributed by atoms with E-state index in [-0.39, 0.29) is 18.4 Å². The van der Waals surface area contributed by atoms with Gasteiger partial charge in [0.25, 0.3) is 5.89 Å². The molecular formula is C18H14F3N3O3. The number of nitrogens with one attached hydrogen (secondary N) is 1. The zero-order valence-electron chi connectivity index (χ0n) is 14.1. The number of esters is 1. The normalized spacial score (nSPS) is 11.3. The topological polar surface area (TPSA) is 77.2 Å². The van der Waals surface area contributed by atoms with Crippen molar-refractivity contribution in [1.29, 1.82) is 0 Å². The smallest absolute Gasteiger partial charge is 0.416 e. The molecule has 0 atom stereocenters. The summed E-state index contributed by atoms with van der Waals surface area (Å²) in [6.45, 7) is 1.82. The summed E-state index contributed by atoms with van der Waals surface area (Å²) in [4.78, 5) is 11.7. The fourth-order valence-corrected chi connectivity index (χ4v) is 2.28. The molecule has 3 rings (SSSR count). The lowest BCUT2D eigenvalue weighted by Crippen LogP contribution is -2.04. The van der Waals surface area contributed by atoms with Gasteiger partial charge >= 0.3 is 18.0 Å². The molecule has 6 nitrogen and oxygen atoms in total. The number of rotatable bonds is 5. The van der Waals surface area contributed by atoms with Gasteiger partial charge in [0.15, 0.2) is 0 Å². The maximum absolute atomic E-state index is 12.7. The Bertz CT molecular complexity index is 937. The summed E-state index contributed by atoms with van der Waals surface area (Å²) in [6.07, 6.45) is -4.40. The van der Waals surface area contributed by atoms with Gasteiger partial charge in [-0.25, -0.2) is 4.79 Å². The molecule has 0 bridgehead atoms. The van der Waals surface area contributed by atoms with Crippen LogP contribution in [-0.2, 0) is 10.9 Å². The molecule has 0 aliphatic heterocycles. The lowest BCUT2D eigenvalue weighted by atomic mass is 10.1. The Morgan fingerprint density at radius 3 is 2.48 bits per heavy atom. The van der Waals surface area contributed by atoms with Crippen LogP contribution in [0.15, 0.2) is 52.9 Å². The van der Waals surface area contributed by atoms with Crippen molar-refractivity contribution < 1.29 is 27.1 Å². The molecule has 3 aromatic rings. The van der Waals surface area contributed by atoms with Gasteiger partial charge in [-0.1, -0.05) is 12.1 Å². The van der Waals surface area contributed by atoms with Crippen molar-refractivity contribution in [3.05, 3.63) is 60.0 Å². The Balaban J connectivity index is 1.85. The highest BCUT2D eigenvalue weighted by molar-refractivity contribution is 5.85. The van der Waals surface area contributed by atoms with Crippen molar-refractivity contribution in [2.45, 2.75) is 13.1 Å². The van der Waals surface area contributed by atoms with E-state index >= 15 is 0 Å². The Labute approximate surface area is 152 Å². The number of nitrogens with zero attached hydrogens (tertiary/aromatic N) is 2. The summed E-state index contributed by atoms with van der Waals surface area (Å²) in [5.74, 6) is -0.936. The second-order valence-electron chi connectivity index (χ2n) is 5.38. The van der Waals surface area contributed by atoms with Crippen LogP contribution in [0.25, 0.3) is 11.5 Å². The van der Waals surface area contributed by atoms with Crippen LogP contribution < -0.4 is 5.32 Å². The minimum atomic E-state index is -4.40. The molecule has 27 heavy (non-hydrogen) atoms. The molecule has 2 aromatic carbocycles. The second-order valence-corrected chi connectivity index (χ2v) is 5.38. The zero-order chi connectivity index (χ0) is 19.4.